The van der Waals surface area contributed by atoms with E-state index in [0.29, 0.717) is 19.1 Å². The Labute approximate surface area is 108 Å². The summed E-state index contributed by atoms with van der Waals surface area (Å²) in [5, 5.41) is 10.1. The minimum absolute atomic E-state index is 0.00502. The molecule has 1 aromatic rings. The Bertz CT molecular complexity index is 479. The third-order valence-corrected chi connectivity index (χ3v) is 3.95. The first-order valence-electron chi connectivity index (χ1n) is 6.59. The Hall–Kier alpha value is -1.22. The largest absolute Gasteiger partial charge is 0.489 e. The molecule has 2 aliphatic rings. The normalized spacial score (nSPS) is 28.7. The van der Waals surface area contributed by atoms with E-state index < -0.39 is 0 Å². The molecule has 98 valence electrons. The molecule has 0 aromatic heterocycles. The average Bonchev–Trinajstić information content (AvgIpc) is 2.47. The van der Waals surface area contributed by atoms with E-state index in [1.165, 1.54) is 5.56 Å². The van der Waals surface area contributed by atoms with E-state index in [1.54, 1.807) is 0 Å². The molecule has 2 atom stereocenters. The number of aliphatic hydroxyl groups excluding tert-OH is 1. The number of ether oxygens (including phenoxy) is 2. The molecule has 1 aromatic carbocycles. The zero-order valence-electron chi connectivity index (χ0n) is 11.2. The van der Waals surface area contributed by atoms with Crippen molar-refractivity contribution in [3.05, 3.63) is 23.3 Å². The summed E-state index contributed by atoms with van der Waals surface area (Å²) in [5.41, 5.74) is 2.19. The van der Waals surface area contributed by atoms with Gasteiger partial charge in [0.05, 0.1) is 19.3 Å². The first-order chi connectivity index (χ1) is 8.47. The third-order valence-electron chi connectivity index (χ3n) is 3.95. The molecule has 0 saturated carbocycles. The lowest BCUT2D eigenvalue weighted by Crippen LogP contribution is -2.13. The summed E-state index contributed by atoms with van der Waals surface area (Å²) in [6.45, 7) is 7.79. The maximum absolute atomic E-state index is 10.1. The van der Waals surface area contributed by atoms with E-state index in [0.717, 1.165) is 23.5 Å². The second-order valence-corrected chi connectivity index (χ2v) is 6.22. The summed E-state index contributed by atoms with van der Waals surface area (Å²) in [7, 11) is 0. The van der Waals surface area contributed by atoms with Gasteiger partial charge in [-0.3, -0.25) is 0 Å². The van der Waals surface area contributed by atoms with Crippen molar-refractivity contribution in [3.8, 4) is 11.5 Å². The Morgan fingerprint density at radius 3 is 2.44 bits per heavy atom. The summed E-state index contributed by atoms with van der Waals surface area (Å²) in [6.07, 6.45) is 0.381. The number of hydrogen-bond acceptors (Lipinski definition) is 3. The molecule has 1 unspecified atom stereocenters. The number of benzene rings is 1. The van der Waals surface area contributed by atoms with Gasteiger partial charge in [-0.15, -0.1) is 0 Å². The van der Waals surface area contributed by atoms with Crippen LogP contribution in [0.15, 0.2) is 12.1 Å². The van der Waals surface area contributed by atoms with Crippen molar-refractivity contribution in [2.75, 3.05) is 13.2 Å². The van der Waals surface area contributed by atoms with Gasteiger partial charge in [0.2, 0.25) is 0 Å². The van der Waals surface area contributed by atoms with E-state index >= 15 is 0 Å². The lowest BCUT2D eigenvalue weighted by Gasteiger charge is -2.19. The van der Waals surface area contributed by atoms with Gasteiger partial charge in [0.1, 0.15) is 0 Å². The summed E-state index contributed by atoms with van der Waals surface area (Å²) < 4.78 is 11.6. The standard InChI is InChI=1S/C15H20O3/c1-9-7-17-13-4-10-11(5-14(13)18-8-9)15(2,3)6-12(10)16/h4-5,9,12,16H,6-8H2,1-3H3/t9?,12-/m1/s1. The second kappa shape index (κ2) is 3.89. The van der Waals surface area contributed by atoms with Crippen molar-refractivity contribution in [2.45, 2.75) is 38.7 Å². The molecule has 18 heavy (non-hydrogen) atoms. The molecule has 3 heteroatoms. The van der Waals surface area contributed by atoms with Crippen LogP contribution >= 0.6 is 0 Å². The lowest BCUT2D eigenvalue weighted by atomic mass is 9.86. The maximum Gasteiger partial charge on any atom is 0.161 e. The van der Waals surface area contributed by atoms with Gasteiger partial charge in [-0.1, -0.05) is 20.8 Å². The minimum atomic E-state index is -0.385. The molecule has 0 fully saturated rings. The molecule has 1 heterocycles. The first kappa shape index (κ1) is 11.8. The van der Waals surface area contributed by atoms with Crippen LogP contribution in [0, 0.1) is 5.92 Å². The number of aliphatic hydroxyl groups is 1. The summed E-state index contributed by atoms with van der Waals surface area (Å²) in [6, 6.07) is 4.01. The van der Waals surface area contributed by atoms with Crippen LogP contribution in [0.4, 0.5) is 0 Å². The van der Waals surface area contributed by atoms with Gasteiger partial charge in [-0.25, -0.2) is 0 Å². The van der Waals surface area contributed by atoms with Crippen molar-refractivity contribution < 1.29 is 14.6 Å². The van der Waals surface area contributed by atoms with Crippen LogP contribution in [0.25, 0.3) is 0 Å². The fourth-order valence-corrected chi connectivity index (χ4v) is 2.88. The Kier molecular flexibility index (Phi) is 2.56. The van der Waals surface area contributed by atoms with Gasteiger partial charge >= 0.3 is 0 Å². The molecular weight excluding hydrogens is 228 g/mol. The van der Waals surface area contributed by atoms with Crippen molar-refractivity contribution in [2.24, 2.45) is 5.92 Å². The van der Waals surface area contributed by atoms with Gasteiger partial charge in [0.15, 0.2) is 11.5 Å². The van der Waals surface area contributed by atoms with Crippen molar-refractivity contribution in [1.29, 1.82) is 0 Å². The van der Waals surface area contributed by atoms with Crippen LogP contribution < -0.4 is 9.47 Å². The summed E-state index contributed by atoms with van der Waals surface area (Å²) >= 11 is 0. The van der Waals surface area contributed by atoms with Crippen LogP contribution in [0.5, 0.6) is 11.5 Å². The molecule has 3 nitrogen and oxygen atoms in total. The Morgan fingerprint density at radius 1 is 1.17 bits per heavy atom. The fourth-order valence-electron chi connectivity index (χ4n) is 2.88. The molecule has 1 N–H and O–H groups in total. The molecule has 0 saturated heterocycles. The monoisotopic (exact) mass is 248 g/mol. The van der Waals surface area contributed by atoms with Crippen molar-refractivity contribution in [1.82, 2.24) is 0 Å². The van der Waals surface area contributed by atoms with E-state index in [4.69, 9.17) is 9.47 Å². The van der Waals surface area contributed by atoms with Crippen LogP contribution in [0.2, 0.25) is 0 Å². The Morgan fingerprint density at radius 2 is 1.78 bits per heavy atom. The minimum Gasteiger partial charge on any atom is -0.489 e. The molecular formula is C15H20O3. The van der Waals surface area contributed by atoms with Crippen LogP contribution in [0.1, 0.15) is 44.4 Å². The number of fused-ring (bicyclic) bond motifs is 2. The van der Waals surface area contributed by atoms with Crippen molar-refractivity contribution in [3.63, 3.8) is 0 Å². The fraction of sp³-hybridized carbons (Fsp3) is 0.600. The highest BCUT2D eigenvalue weighted by Gasteiger charge is 2.37. The topological polar surface area (TPSA) is 38.7 Å². The number of rotatable bonds is 0. The highest BCUT2D eigenvalue weighted by Crippen LogP contribution is 2.48. The molecule has 1 aliphatic carbocycles. The quantitative estimate of drug-likeness (QED) is 0.767. The summed E-state index contributed by atoms with van der Waals surface area (Å²) in [5.74, 6) is 1.99. The third kappa shape index (κ3) is 1.77. The molecule has 0 bridgehead atoms. The SMILES string of the molecule is CC1COc2cc3c(cc2OC1)C(C)(C)C[C@H]3O. The van der Waals surface area contributed by atoms with E-state index in [-0.39, 0.29) is 11.5 Å². The zero-order valence-corrected chi connectivity index (χ0v) is 11.2. The summed E-state index contributed by atoms with van der Waals surface area (Å²) in [4.78, 5) is 0. The first-order valence-corrected chi connectivity index (χ1v) is 6.59. The molecule has 3 rings (SSSR count). The predicted octanol–water partition coefficient (Wildman–Crippen LogP) is 2.81. The maximum atomic E-state index is 10.1. The van der Waals surface area contributed by atoms with Crippen LogP contribution in [-0.4, -0.2) is 18.3 Å². The van der Waals surface area contributed by atoms with Gasteiger partial charge in [0.25, 0.3) is 0 Å². The smallest absolute Gasteiger partial charge is 0.161 e. The second-order valence-electron chi connectivity index (χ2n) is 6.22. The highest BCUT2D eigenvalue weighted by atomic mass is 16.5. The molecule has 0 spiro atoms. The van der Waals surface area contributed by atoms with E-state index in [9.17, 15) is 5.11 Å². The van der Waals surface area contributed by atoms with Gasteiger partial charge in [-0.05, 0) is 35.1 Å². The molecule has 0 radical (unpaired) electrons. The average molecular weight is 248 g/mol. The predicted molar refractivity (Wildman–Crippen MR) is 69.2 cm³/mol. The van der Waals surface area contributed by atoms with Crippen molar-refractivity contribution >= 4 is 0 Å². The van der Waals surface area contributed by atoms with Gasteiger partial charge in [0, 0.05) is 5.92 Å². The van der Waals surface area contributed by atoms with Gasteiger partial charge < -0.3 is 14.6 Å². The van der Waals surface area contributed by atoms with E-state index in [2.05, 4.69) is 26.8 Å². The highest BCUT2D eigenvalue weighted by molar-refractivity contribution is 5.53. The number of hydrogen-bond donors (Lipinski definition) is 1. The molecule has 1 aliphatic heterocycles. The van der Waals surface area contributed by atoms with Gasteiger partial charge in [-0.2, -0.15) is 0 Å². The van der Waals surface area contributed by atoms with Crippen LogP contribution in [0.3, 0.4) is 0 Å². The lowest BCUT2D eigenvalue weighted by molar-refractivity contribution is 0.161. The van der Waals surface area contributed by atoms with Crippen LogP contribution in [-0.2, 0) is 5.41 Å². The Balaban J connectivity index is 2.07. The molecule has 0 amide bonds. The zero-order chi connectivity index (χ0) is 12.9. The van der Waals surface area contributed by atoms with E-state index in [1.807, 2.05) is 6.07 Å².